The second-order valence-corrected chi connectivity index (χ2v) is 5.00. The quantitative estimate of drug-likeness (QED) is 0.803. The fourth-order valence-electron chi connectivity index (χ4n) is 2.12. The first-order chi connectivity index (χ1) is 10.1. The van der Waals surface area contributed by atoms with Gasteiger partial charge < -0.3 is 14.1 Å². The Morgan fingerprint density at radius 1 is 1.38 bits per heavy atom. The molecule has 108 valence electrons. The molecule has 0 saturated heterocycles. The van der Waals surface area contributed by atoms with E-state index in [4.69, 9.17) is 16.0 Å². The van der Waals surface area contributed by atoms with Gasteiger partial charge in [0, 0.05) is 23.0 Å². The van der Waals surface area contributed by atoms with Gasteiger partial charge in [0.05, 0.1) is 12.8 Å². The summed E-state index contributed by atoms with van der Waals surface area (Å²) in [6, 6.07) is 7.70. The Morgan fingerprint density at radius 2 is 2.24 bits per heavy atom. The molecule has 0 spiro atoms. The molecule has 0 fully saturated rings. The first kappa shape index (κ1) is 13.9. The van der Waals surface area contributed by atoms with Crippen LogP contribution < -0.4 is 0 Å². The normalized spacial score (nSPS) is 12.5. The van der Waals surface area contributed by atoms with Gasteiger partial charge in [0.15, 0.2) is 6.10 Å². The standard InChI is InChI=1S/C15H12ClFN2O2/c16-11-3-4-12(17)10(8-11)9-19-6-5-18-15(19)14(20)13-2-1-7-21-13/h1-8,14,20H,9H2/t14-/m0/s1. The van der Waals surface area contributed by atoms with Crippen LogP contribution in [0, 0.1) is 5.82 Å². The van der Waals surface area contributed by atoms with E-state index in [0.717, 1.165) is 0 Å². The molecule has 1 aromatic carbocycles. The maximum atomic E-state index is 13.8. The van der Waals surface area contributed by atoms with Crippen molar-refractivity contribution in [3.63, 3.8) is 0 Å². The molecule has 3 aromatic rings. The fraction of sp³-hybridized carbons (Fsp3) is 0.133. The topological polar surface area (TPSA) is 51.2 Å². The highest BCUT2D eigenvalue weighted by atomic mass is 35.5. The van der Waals surface area contributed by atoms with Crippen LogP contribution in [-0.2, 0) is 6.54 Å². The summed E-state index contributed by atoms with van der Waals surface area (Å²) in [6.07, 6.45) is 3.69. The molecule has 0 radical (unpaired) electrons. The summed E-state index contributed by atoms with van der Waals surface area (Å²) in [5, 5.41) is 10.7. The van der Waals surface area contributed by atoms with Crippen molar-refractivity contribution in [1.29, 1.82) is 0 Å². The fourth-order valence-corrected chi connectivity index (χ4v) is 2.32. The molecular formula is C15H12ClFN2O2. The van der Waals surface area contributed by atoms with Gasteiger partial charge in [-0.15, -0.1) is 0 Å². The van der Waals surface area contributed by atoms with Crippen LogP contribution in [0.3, 0.4) is 0 Å². The third-order valence-electron chi connectivity index (χ3n) is 3.15. The number of nitrogens with zero attached hydrogens (tertiary/aromatic N) is 2. The minimum absolute atomic E-state index is 0.222. The van der Waals surface area contributed by atoms with Crippen LogP contribution in [0.2, 0.25) is 5.02 Å². The first-order valence-electron chi connectivity index (χ1n) is 6.31. The van der Waals surface area contributed by atoms with Crippen molar-refractivity contribution in [2.75, 3.05) is 0 Å². The predicted octanol–water partition coefficient (Wildman–Crippen LogP) is 3.40. The van der Waals surface area contributed by atoms with E-state index < -0.39 is 6.10 Å². The Balaban J connectivity index is 1.91. The van der Waals surface area contributed by atoms with E-state index in [1.807, 2.05) is 0 Å². The molecule has 0 bridgehead atoms. The highest BCUT2D eigenvalue weighted by Gasteiger charge is 2.19. The second kappa shape index (κ2) is 5.71. The third kappa shape index (κ3) is 2.84. The number of halogens is 2. The number of rotatable bonds is 4. The number of hydrogen-bond acceptors (Lipinski definition) is 3. The Bertz CT molecular complexity index is 740. The molecule has 2 aromatic heterocycles. The van der Waals surface area contributed by atoms with E-state index in [1.54, 1.807) is 35.2 Å². The number of furan rings is 1. The summed E-state index contributed by atoms with van der Waals surface area (Å²) >= 11 is 5.88. The van der Waals surface area contributed by atoms with Crippen LogP contribution in [0.15, 0.2) is 53.4 Å². The minimum Gasteiger partial charge on any atom is -0.466 e. The molecule has 0 aliphatic heterocycles. The summed E-state index contributed by atoms with van der Waals surface area (Å²) in [5.41, 5.74) is 0.424. The zero-order valence-electron chi connectivity index (χ0n) is 10.9. The van der Waals surface area contributed by atoms with E-state index in [2.05, 4.69) is 4.98 Å². The Morgan fingerprint density at radius 3 is 3.00 bits per heavy atom. The molecule has 3 rings (SSSR count). The molecule has 1 N–H and O–H groups in total. The van der Waals surface area contributed by atoms with Gasteiger partial charge in [0.25, 0.3) is 0 Å². The average molecular weight is 307 g/mol. The average Bonchev–Trinajstić information content (AvgIpc) is 3.13. The van der Waals surface area contributed by atoms with Crippen molar-refractivity contribution in [2.24, 2.45) is 0 Å². The number of aliphatic hydroxyl groups is 1. The molecule has 4 nitrogen and oxygen atoms in total. The molecular weight excluding hydrogens is 295 g/mol. The van der Waals surface area contributed by atoms with Gasteiger partial charge in [-0.3, -0.25) is 0 Å². The zero-order valence-corrected chi connectivity index (χ0v) is 11.7. The van der Waals surface area contributed by atoms with Gasteiger partial charge in [0.1, 0.15) is 17.4 Å². The number of aliphatic hydroxyl groups excluding tert-OH is 1. The molecule has 0 aliphatic rings. The molecule has 1 atom stereocenters. The molecule has 21 heavy (non-hydrogen) atoms. The Labute approximate surface area is 125 Å². The zero-order chi connectivity index (χ0) is 14.8. The van der Waals surface area contributed by atoms with E-state index >= 15 is 0 Å². The summed E-state index contributed by atoms with van der Waals surface area (Å²) in [7, 11) is 0. The lowest BCUT2D eigenvalue weighted by Gasteiger charge is -2.12. The highest BCUT2D eigenvalue weighted by molar-refractivity contribution is 6.30. The summed E-state index contributed by atoms with van der Waals surface area (Å²) in [4.78, 5) is 4.12. The van der Waals surface area contributed by atoms with E-state index in [0.29, 0.717) is 22.2 Å². The monoisotopic (exact) mass is 306 g/mol. The highest BCUT2D eigenvalue weighted by Crippen LogP contribution is 2.23. The lowest BCUT2D eigenvalue weighted by Crippen LogP contribution is -2.11. The number of imidazole rings is 1. The van der Waals surface area contributed by atoms with Crippen molar-refractivity contribution >= 4 is 11.6 Å². The van der Waals surface area contributed by atoms with Gasteiger partial charge >= 0.3 is 0 Å². The van der Waals surface area contributed by atoms with Crippen LogP contribution in [0.4, 0.5) is 4.39 Å². The van der Waals surface area contributed by atoms with Crippen LogP contribution in [0.5, 0.6) is 0 Å². The van der Waals surface area contributed by atoms with Gasteiger partial charge in [-0.05, 0) is 30.3 Å². The van der Waals surface area contributed by atoms with Crippen LogP contribution in [0.25, 0.3) is 0 Å². The maximum Gasteiger partial charge on any atom is 0.169 e. The van der Waals surface area contributed by atoms with Crippen molar-refractivity contribution in [3.8, 4) is 0 Å². The SMILES string of the molecule is O[C@@H](c1ccco1)c1nccn1Cc1cc(Cl)ccc1F. The van der Waals surface area contributed by atoms with Gasteiger partial charge in [-0.1, -0.05) is 11.6 Å². The summed E-state index contributed by atoms with van der Waals surface area (Å²) in [5.74, 6) is 0.407. The molecule has 0 aliphatic carbocycles. The van der Waals surface area contributed by atoms with Crippen LogP contribution >= 0.6 is 11.6 Å². The predicted molar refractivity (Wildman–Crippen MR) is 75.5 cm³/mol. The maximum absolute atomic E-state index is 13.8. The number of hydrogen-bond donors (Lipinski definition) is 1. The van der Waals surface area contributed by atoms with Gasteiger partial charge in [0.2, 0.25) is 0 Å². The second-order valence-electron chi connectivity index (χ2n) is 4.57. The molecule has 6 heteroatoms. The first-order valence-corrected chi connectivity index (χ1v) is 6.69. The van der Waals surface area contributed by atoms with Crippen molar-refractivity contribution in [2.45, 2.75) is 12.6 Å². The molecule has 0 saturated carbocycles. The van der Waals surface area contributed by atoms with Crippen LogP contribution in [-0.4, -0.2) is 14.7 Å². The molecule has 0 amide bonds. The Hall–Kier alpha value is -2.11. The summed E-state index contributed by atoms with van der Waals surface area (Å²) < 4.78 is 20.6. The largest absolute Gasteiger partial charge is 0.466 e. The van der Waals surface area contributed by atoms with Gasteiger partial charge in [-0.25, -0.2) is 9.37 Å². The Kier molecular flexibility index (Phi) is 3.77. The van der Waals surface area contributed by atoms with E-state index in [-0.39, 0.29) is 12.4 Å². The molecule has 2 heterocycles. The number of aromatic nitrogens is 2. The summed E-state index contributed by atoms with van der Waals surface area (Å²) in [6.45, 7) is 0.222. The van der Waals surface area contributed by atoms with Crippen molar-refractivity contribution in [1.82, 2.24) is 9.55 Å². The number of benzene rings is 1. The molecule has 0 unspecified atom stereocenters. The van der Waals surface area contributed by atoms with Crippen molar-refractivity contribution in [3.05, 3.63) is 77.0 Å². The lowest BCUT2D eigenvalue weighted by atomic mass is 10.2. The van der Waals surface area contributed by atoms with Crippen molar-refractivity contribution < 1.29 is 13.9 Å². The van der Waals surface area contributed by atoms with E-state index in [1.165, 1.54) is 18.4 Å². The smallest absolute Gasteiger partial charge is 0.169 e. The third-order valence-corrected chi connectivity index (χ3v) is 3.39. The lowest BCUT2D eigenvalue weighted by molar-refractivity contribution is 0.176. The minimum atomic E-state index is -1.00. The van der Waals surface area contributed by atoms with E-state index in [9.17, 15) is 9.50 Å². The van der Waals surface area contributed by atoms with Crippen LogP contribution in [0.1, 0.15) is 23.3 Å². The van der Waals surface area contributed by atoms with Gasteiger partial charge in [-0.2, -0.15) is 0 Å².